The van der Waals surface area contributed by atoms with Crippen molar-refractivity contribution in [1.29, 1.82) is 0 Å². The van der Waals surface area contributed by atoms with Gasteiger partial charge in [-0.2, -0.15) is 15.0 Å². The van der Waals surface area contributed by atoms with E-state index in [1.807, 2.05) is 6.92 Å². The molecule has 0 aliphatic carbocycles. The molecule has 8 heteroatoms. The van der Waals surface area contributed by atoms with Gasteiger partial charge >= 0.3 is 6.01 Å². The highest BCUT2D eigenvalue weighted by molar-refractivity contribution is 5.36. The van der Waals surface area contributed by atoms with Gasteiger partial charge in [0.2, 0.25) is 11.9 Å². The summed E-state index contributed by atoms with van der Waals surface area (Å²) in [5, 5.41) is 16.4. The highest BCUT2D eigenvalue weighted by Crippen LogP contribution is 2.21. The lowest BCUT2D eigenvalue weighted by atomic mass is 9.94. The van der Waals surface area contributed by atoms with E-state index in [-0.39, 0.29) is 6.01 Å². The Morgan fingerprint density at radius 2 is 1.85 bits per heavy atom. The van der Waals surface area contributed by atoms with Crippen LogP contribution < -0.4 is 15.4 Å². The summed E-state index contributed by atoms with van der Waals surface area (Å²) in [7, 11) is 1.50. The highest BCUT2D eigenvalue weighted by atomic mass is 16.5. The third-order valence-corrected chi connectivity index (χ3v) is 3.13. The Hall–Kier alpha value is -1.67. The van der Waals surface area contributed by atoms with E-state index in [0.717, 1.165) is 0 Å². The summed E-state index contributed by atoms with van der Waals surface area (Å²) in [6.07, 6.45) is 1.20. The van der Waals surface area contributed by atoms with Gasteiger partial charge in [0.15, 0.2) is 0 Å². The van der Waals surface area contributed by atoms with Gasteiger partial charge in [0.25, 0.3) is 0 Å². The van der Waals surface area contributed by atoms with Crippen molar-refractivity contribution >= 4 is 11.9 Å². The van der Waals surface area contributed by atoms with Crippen molar-refractivity contribution < 1.29 is 14.6 Å². The molecule has 20 heavy (non-hydrogen) atoms. The molecule has 0 radical (unpaired) electrons. The first-order valence-corrected chi connectivity index (χ1v) is 6.73. The summed E-state index contributed by atoms with van der Waals surface area (Å²) in [6.45, 7) is 4.17. The van der Waals surface area contributed by atoms with Crippen molar-refractivity contribution in [3.63, 3.8) is 0 Å². The summed E-state index contributed by atoms with van der Waals surface area (Å²) in [5.74, 6) is 0.827. The molecule has 1 aromatic heterocycles. The number of methoxy groups -OCH3 is 1. The Labute approximate surface area is 117 Å². The molecule has 8 nitrogen and oxygen atoms in total. The second kappa shape index (κ2) is 6.67. The van der Waals surface area contributed by atoms with Crippen LogP contribution in [-0.4, -0.2) is 59.1 Å². The summed E-state index contributed by atoms with van der Waals surface area (Å²) in [5.41, 5.74) is -0.781. The van der Waals surface area contributed by atoms with Crippen molar-refractivity contribution in [3.05, 3.63) is 0 Å². The van der Waals surface area contributed by atoms with Crippen LogP contribution in [0.3, 0.4) is 0 Å². The largest absolute Gasteiger partial charge is 0.467 e. The molecule has 2 rings (SSSR count). The van der Waals surface area contributed by atoms with E-state index in [4.69, 9.17) is 9.47 Å². The molecule has 0 unspecified atom stereocenters. The van der Waals surface area contributed by atoms with E-state index in [9.17, 15) is 5.11 Å². The Kier molecular flexibility index (Phi) is 4.91. The number of hydrogen-bond acceptors (Lipinski definition) is 8. The number of nitrogens with zero attached hydrogens (tertiary/aromatic N) is 3. The first kappa shape index (κ1) is 14.7. The lowest BCUT2D eigenvalue weighted by Gasteiger charge is -2.32. The molecule has 1 aromatic rings. The molecular formula is C12H21N5O3. The van der Waals surface area contributed by atoms with Gasteiger partial charge in [-0.05, 0) is 6.92 Å². The van der Waals surface area contributed by atoms with Crippen LogP contribution >= 0.6 is 0 Å². The normalized spacial score (nSPS) is 17.6. The maximum Gasteiger partial charge on any atom is 0.322 e. The summed E-state index contributed by atoms with van der Waals surface area (Å²) in [4.78, 5) is 12.4. The SMILES string of the molecule is CCNc1nc(NCC2(O)CCOCC2)nc(OC)n1. The number of rotatable bonds is 6. The number of nitrogens with one attached hydrogen (secondary N) is 2. The first-order chi connectivity index (χ1) is 9.65. The van der Waals surface area contributed by atoms with E-state index < -0.39 is 5.60 Å². The van der Waals surface area contributed by atoms with Gasteiger partial charge in [0.05, 0.1) is 12.7 Å². The lowest BCUT2D eigenvalue weighted by molar-refractivity contribution is -0.0544. The van der Waals surface area contributed by atoms with Gasteiger partial charge < -0.3 is 25.2 Å². The fraction of sp³-hybridized carbons (Fsp3) is 0.750. The smallest absolute Gasteiger partial charge is 0.322 e. The van der Waals surface area contributed by atoms with E-state index in [1.165, 1.54) is 7.11 Å². The standard InChI is InChI=1S/C12H21N5O3/c1-3-13-9-15-10(17-11(16-9)19-2)14-8-12(18)4-6-20-7-5-12/h18H,3-8H2,1-2H3,(H2,13,14,15,16,17). The molecule has 0 amide bonds. The molecule has 3 N–H and O–H groups in total. The number of aromatic nitrogens is 3. The molecule has 1 saturated heterocycles. The highest BCUT2D eigenvalue weighted by Gasteiger charge is 2.29. The maximum atomic E-state index is 10.4. The lowest BCUT2D eigenvalue weighted by Crippen LogP contribution is -2.42. The van der Waals surface area contributed by atoms with Crippen LogP contribution in [0.15, 0.2) is 0 Å². The van der Waals surface area contributed by atoms with E-state index in [2.05, 4.69) is 25.6 Å². The van der Waals surface area contributed by atoms with E-state index >= 15 is 0 Å². The van der Waals surface area contributed by atoms with Crippen molar-refractivity contribution in [2.75, 3.05) is 44.0 Å². The molecule has 1 aliphatic rings. The monoisotopic (exact) mass is 283 g/mol. The predicted molar refractivity (Wildman–Crippen MR) is 74.0 cm³/mol. The van der Waals surface area contributed by atoms with Gasteiger partial charge in [-0.15, -0.1) is 0 Å². The number of hydrogen-bond donors (Lipinski definition) is 3. The van der Waals surface area contributed by atoms with Gasteiger partial charge in [-0.25, -0.2) is 0 Å². The number of ether oxygens (including phenoxy) is 2. The predicted octanol–water partition coefficient (Wildman–Crippen LogP) is 0.265. The third kappa shape index (κ3) is 3.91. The zero-order valence-electron chi connectivity index (χ0n) is 11.8. The molecule has 112 valence electrons. The molecular weight excluding hydrogens is 262 g/mol. The topological polar surface area (TPSA) is 101 Å². The molecule has 0 atom stereocenters. The molecule has 0 bridgehead atoms. The zero-order valence-corrected chi connectivity index (χ0v) is 11.8. The first-order valence-electron chi connectivity index (χ1n) is 6.73. The van der Waals surface area contributed by atoms with Gasteiger partial charge in [0.1, 0.15) is 0 Å². The fourth-order valence-electron chi connectivity index (χ4n) is 1.94. The Bertz CT molecular complexity index is 437. The molecule has 0 saturated carbocycles. The van der Waals surface area contributed by atoms with Crippen molar-refractivity contribution in [1.82, 2.24) is 15.0 Å². The summed E-state index contributed by atoms with van der Waals surface area (Å²) < 4.78 is 10.3. The van der Waals surface area contributed by atoms with Crippen molar-refractivity contribution in [3.8, 4) is 6.01 Å². The van der Waals surface area contributed by atoms with E-state index in [1.54, 1.807) is 0 Å². The van der Waals surface area contributed by atoms with Crippen LogP contribution in [-0.2, 0) is 4.74 Å². The quantitative estimate of drug-likeness (QED) is 0.683. The minimum atomic E-state index is -0.781. The number of aliphatic hydroxyl groups is 1. The van der Waals surface area contributed by atoms with E-state index in [0.29, 0.717) is 51.0 Å². The van der Waals surface area contributed by atoms with Gasteiger partial charge in [-0.3, -0.25) is 0 Å². The molecule has 1 aliphatic heterocycles. The maximum absolute atomic E-state index is 10.4. The fourth-order valence-corrected chi connectivity index (χ4v) is 1.94. The minimum Gasteiger partial charge on any atom is -0.467 e. The third-order valence-electron chi connectivity index (χ3n) is 3.13. The van der Waals surface area contributed by atoms with Crippen LogP contribution in [0.1, 0.15) is 19.8 Å². The second-order valence-corrected chi connectivity index (χ2v) is 4.69. The molecule has 0 aromatic carbocycles. The second-order valence-electron chi connectivity index (χ2n) is 4.69. The minimum absolute atomic E-state index is 0.234. The van der Waals surface area contributed by atoms with Crippen molar-refractivity contribution in [2.45, 2.75) is 25.4 Å². The van der Waals surface area contributed by atoms with Gasteiger partial charge in [-0.1, -0.05) is 0 Å². The van der Waals surface area contributed by atoms with Crippen LogP contribution in [0.5, 0.6) is 6.01 Å². The van der Waals surface area contributed by atoms with Crippen molar-refractivity contribution in [2.24, 2.45) is 0 Å². The Balaban J connectivity index is 2.02. The molecule has 0 spiro atoms. The molecule has 2 heterocycles. The zero-order chi connectivity index (χ0) is 14.4. The summed E-state index contributed by atoms with van der Waals surface area (Å²) >= 11 is 0. The van der Waals surface area contributed by atoms with Crippen LogP contribution in [0.4, 0.5) is 11.9 Å². The number of anilines is 2. The Morgan fingerprint density at radius 1 is 1.20 bits per heavy atom. The molecule has 1 fully saturated rings. The average Bonchev–Trinajstić information content (AvgIpc) is 2.46. The Morgan fingerprint density at radius 3 is 2.45 bits per heavy atom. The van der Waals surface area contributed by atoms with Crippen LogP contribution in [0.2, 0.25) is 0 Å². The van der Waals surface area contributed by atoms with Gasteiger partial charge in [0, 0.05) is 39.1 Å². The summed E-state index contributed by atoms with van der Waals surface area (Å²) in [6, 6.07) is 0.234. The van der Waals surface area contributed by atoms with Crippen LogP contribution in [0, 0.1) is 0 Å². The average molecular weight is 283 g/mol. The van der Waals surface area contributed by atoms with Crippen LogP contribution in [0.25, 0.3) is 0 Å².